The second-order valence-corrected chi connectivity index (χ2v) is 9.24. The van der Waals surface area contributed by atoms with Crippen molar-refractivity contribution in [1.29, 1.82) is 0 Å². The Morgan fingerprint density at radius 2 is 1.78 bits per heavy atom. The molecule has 0 spiro atoms. The highest BCUT2D eigenvalue weighted by Gasteiger charge is 2.66. The van der Waals surface area contributed by atoms with Gasteiger partial charge in [0, 0.05) is 18.3 Å². The summed E-state index contributed by atoms with van der Waals surface area (Å²) >= 11 is 0. The molecule has 6 atom stereocenters. The molecule has 0 aromatic carbocycles. The second kappa shape index (κ2) is 4.56. The van der Waals surface area contributed by atoms with E-state index in [0.717, 1.165) is 25.7 Å². The SMILES string of the molecule is C[C@@]12CCC3=CC(=O)CC[C@]3(C)[C@H]1[C@@H](O)C[C@]1(C)C(=O)CC[C@@H]21. The average Bonchev–Trinajstić information content (AvgIpc) is 2.76. The van der Waals surface area contributed by atoms with Crippen LogP contribution < -0.4 is 0 Å². The molecule has 23 heavy (non-hydrogen) atoms. The summed E-state index contributed by atoms with van der Waals surface area (Å²) in [5, 5.41) is 11.1. The lowest BCUT2D eigenvalue weighted by molar-refractivity contribution is -0.174. The first kappa shape index (κ1) is 15.6. The van der Waals surface area contributed by atoms with Crippen LogP contribution in [0.3, 0.4) is 0 Å². The molecule has 0 saturated heterocycles. The molecular weight excluding hydrogens is 288 g/mol. The number of allylic oxidation sites excluding steroid dienone is 1. The number of ketones is 2. The summed E-state index contributed by atoms with van der Waals surface area (Å²) in [6.45, 7) is 6.67. The molecular formula is C20H28O3. The molecule has 4 rings (SSSR count). The van der Waals surface area contributed by atoms with Crippen molar-refractivity contribution in [3.05, 3.63) is 11.6 Å². The summed E-state index contributed by atoms with van der Waals surface area (Å²) in [6.07, 6.45) is 7.07. The van der Waals surface area contributed by atoms with Gasteiger partial charge in [0.25, 0.3) is 0 Å². The van der Waals surface area contributed by atoms with Crippen LogP contribution in [0.2, 0.25) is 0 Å². The van der Waals surface area contributed by atoms with E-state index in [4.69, 9.17) is 0 Å². The summed E-state index contributed by atoms with van der Waals surface area (Å²) in [4.78, 5) is 24.4. The van der Waals surface area contributed by atoms with Crippen LogP contribution in [0, 0.1) is 28.1 Å². The van der Waals surface area contributed by atoms with Crippen molar-refractivity contribution >= 4 is 11.6 Å². The normalized spacial score (nSPS) is 52.5. The first-order valence-corrected chi connectivity index (χ1v) is 9.17. The number of carbonyl (C=O) groups is 2. The first-order valence-electron chi connectivity index (χ1n) is 9.17. The molecule has 0 aromatic rings. The van der Waals surface area contributed by atoms with E-state index in [9.17, 15) is 14.7 Å². The van der Waals surface area contributed by atoms with Crippen LogP contribution in [0.15, 0.2) is 11.6 Å². The average molecular weight is 316 g/mol. The summed E-state index contributed by atoms with van der Waals surface area (Å²) in [7, 11) is 0. The van der Waals surface area contributed by atoms with E-state index < -0.39 is 6.10 Å². The van der Waals surface area contributed by atoms with Gasteiger partial charge in [-0.1, -0.05) is 26.3 Å². The Morgan fingerprint density at radius 1 is 1.04 bits per heavy atom. The third-order valence-corrected chi connectivity index (χ3v) is 8.17. The van der Waals surface area contributed by atoms with Crippen molar-refractivity contribution in [1.82, 2.24) is 0 Å². The largest absolute Gasteiger partial charge is 0.393 e. The summed E-state index contributed by atoms with van der Waals surface area (Å²) in [5.74, 6) is 1.15. The maximum atomic E-state index is 12.5. The summed E-state index contributed by atoms with van der Waals surface area (Å²) in [5.41, 5.74) is 0.841. The Kier molecular flexibility index (Phi) is 3.09. The van der Waals surface area contributed by atoms with Crippen LogP contribution >= 0.6 is 0 Å². The van der Waals surface area contributed by atoms with Gasteiger partial charge < -0.3 is 5.11 Å². The van der Waals surface area contributed by atoms with E-state index in [1.807, 2.05) is 6.08 Å². The fraction of sp³-hybridized carbons (Fsp3) is 0.800. The molecule has 3 fully saturated rings. The zero-order valence-corrected chi connectivity index (χ0v) is 14.5. The molecule has 0 amide bonds. The van der Waals surface area contributed by atoms with Crippen molar-refractivity contribution < 1.29 is 14.7 Å². The zero-order valence-electron chi connectivity index (χ0n) is 14.5. The molecule has 3 saturated carbocycles. The Labute approximate surface area is 138 Å². The van der Waals surface area contributed by atoms with Gasteiger partial charge in [0.1, 0.15) is 5.78 Å². The van der Waals surface area contributed by atoms with Gasteiger partial charge in [0.05, 0.1) is 6.10 Å². The van der Waals surface area contributed by atoms with Crippen LogP contribution in [0.4, 0.5) is 0 Å². The number of fused-ring (bicyclic) bond motifs is 5. The minimum absolute atomic E-state index is 0.00501. The molecule has 3 heteroatoms. The van der Waals surface area contributed by atoms with Gasteiger partial charge in [0.2, 0.25) is 0 Å². The topological polar surface area (TPSA) is 54.4 Å². The zero-order chi connectivity index (χ0) is 16.6. The van der Waals surface area contributed by atoms with Crippen molar-refractivity contribution in [2.75, 3.05) is 0 Å². The highest BCUT2D eigenvalue weighted by molar-refractivity contribution is 5.91. The van der Waals surface area contributed by atoms with E-state index in [0.29, 0.717) is 31.0 Å². The molecule has 0 heterocycles. The molecule has 0 bridgehead atoms. The predicted octanol–water partition coefficient (Wildman–Crippen LogP) is 3.45. The summed E-state index contributed by atoms with van der Waals surface area (Å²) < 4.78 is 0. The van der Waals surface area contributed by atoms with Gasteiger partial charge in [-0.3, -0.25) is 9.59 Å². The number of hydrogen-bond acceptors (Lipinski definition) is 3. The molecule has 4 aliphatic carbocycles. The van der Waals surface area contributed by atoms with Crippen LogP contribution in [-0.2, 0) is 9.59 Å². The lowest BCUT2D eigenvalue weighted by Gasteiger charge is -2.64. The number of aliphatic hydroxyl groups excluding tert-OH is 1. The maximum absolute atomic E-state index is 12.5. The van der Waals surface area contributed by atoms with Crippen LogP contribution in [0.5, 0.6) is 0 Å². The fourth-order valence-corrected chi connectivity index (χ4v) is 7.17. The van der Waals surface area contributed by atoms with Gasteiger partial charge in [-0.2, -0.15) is 0 Å². The molecule has 126 valence electrons. The number of hydrogen-bond donors (Lipinski definition) is 1. The van der Waals surface area contributed by atoms with Gasteiger partial charge >= 0.3 is 0 Å². The number of carbonyl (C=O) groups excluding carboxylic acids is 2. The lowest BCUT2D eigenvalue weighted by atomic mass is 9.41. The monoisotopic (exact) mass is 316 g/mol. The standard InChI is InChI=1S/C20H28O3/c1-18-9-7-13(21)10-12(18)6-8-19(2)15-4-5-16(23)20(15,3)11-14(22)17(18)19/h10,14-15,17,22H,4-9,11H2,1-3H3/t14-,15-,17+,18-,19-,20-/m0/s1. The summed E-state index contributed by atoms with van der Waals surface area (Å²) in [6, 6.07) is 0. The Hall–Kier alpha value is -0.960. The molecule has 0 aliphatic heterocycles. The fourth-order valence-electron chi connectivity index (χ4n) is 7.17. The molecule has 0 unspecified atom stereocenters. The predicted molar refractivity (Wildman–Crippen MR) is 87.7 cm³/mol. The van der Waals surface area contributed by atoms with Gasteiger partial charge in [0.15, 0.2) is 5.78 Å². The Bertz CT molecular complexity index is 620. The molecule has 1 N–H and O–H groups in total. The molecule has 3 nitrogen and oxygen atoms in total. The quantitative estimate of drug-likeness (QED) is 0.745. The van der Waals surface area contributed by atoms with Gasteiger partial charge in [-0.15, -0.1) is 0 Å². The molecule has 4 aliphatic rings. The van der Waals surface area contributed by atoms with E-state index in [1.165, 1.54) is 5.57 Å². The van der Waals surface area contributed by atoms with Crippen LogP contribution in [-0.4, -0.2) is 22.8 Å². The molecule has 0 radical (unpaired) electrons. The van der Waals surface area contributed by atoms with E-state index in [-0.39, 0.29) is 27.9 Å². The Balaban J connectivity index is 1.82. The number of rotatable bonds is 0. The third-order valence-electron chi connectivity index (χ3n) is 8.17. The highest BCUT2D eigenvalue weighted by Crippen LogP contribution is 2.69. The van der Waals surface area contributed by atoms with Gasteiger partial charge in [-0.25, -0.2) is 0 Å². The van der Waals surface area contributed by atoms with Crippen molar-refractivity contribution in [3.63, 3.8) is 0 Å². The minimum atomic E-state index is -0.440. The number of aliphatic hydroxyl groups is 1. The van der Waals surface area contributed by atoms with Crippen LogP contribution in [0.1, 0.15) is 65.7 Å². The van der Waals surface area contributed by atoms with Crippen molar-refractivity contribution in [3.8, 4) is 0 Å². The highest BCUT2D eigenvalue weighted by atomic mass is 16.3. The second-order valence-electron chi connectivity index (χ2n) is 9.24. The van der Waals surface area contributed by atoms with Crippen molar-refractivity contribution in [2.24, 2.45) is 28.1 Å². The molecule has 0 aromatic heterocycles. The smallest absolute Gasteiger partial charge is 0.155 e. The minimum Gasteiger partial charge on any atom is -0.393 e. The van der Waals surface area contributed by atoms with Crippen molar-refractivity contribution in [2.45, 2.75) is 71.8 Å². The van der Waals surface area contributed by atoms with Crippen LogP contribution in [0.25, 0.3) is 0 Å². The van der Waals surface area contributed by atoms with Gasteiger partial charge in [-0.05, 0) is 60.8 Å². The van der Waals surface area contributed by atoms with E-state index in [1.54, 1.807) is 0 Å². The lowest BCUT2D eigenvalue weighted by Crippen LogP contribution is -2.61. The third kappa shape index (κ3) is 1.80. The number of Topliss-reactive ketones (excluding diaryl/α,β-unsaturated/α-hetero) is 1. The Morgan fingerprint density at radius 3 is 2.52 bits per heavy atom. The van der Waals surface area contributed by atoms with E-state index >= 15 is 0 Å². The maximum Gasteiger partial charge on any atom is 0.155 e. The van der Waals surface area contributed by atoms with E-state index in [2.05, 4.69) is 20.8 Å². The first-order chi connectivity index (χ1) is 10.7.